The zero-order valence-electron chi connectivity index (χ0n) is 33.5. The summed E-state index contributed by atoms with van der Waals surface area (Å²) in [7, 11) is 5.51. The van der Waals surface area contributed by atoms with E-state index in [1.165, 1.54) is 28.4 Å². The number of aromatic amines is 2. The zero-order valence-corrected chi connectivity index (χ0v) is 33.5. The summed E-state index contributed by atoms with van der Waals surface area (Å²) in [4.78, 5) is 71.5. The van der Waals surface area contributed by atoms with Gasteiger partial charge in [-0.25, -0.2) is 19.6 Å². The molecule has 4 heterocycles. The Kier molecular flexibility index (Phi) is 12.0. The summed E-state index contributed by atoms with van der Waals surface area (Å²) in [5.41, 5.74) is 5.51. The van der Waals surface area contributed by atoms with Crippen LogP contribution in [0.2, 0.25) is 0 Å². The molecule has 0 spiro atoms. The fourth-order valence-corrected chi connectivity index (χ4v) is 8.00. The van der Waals surface area contributed by atoms with Gasteiger partial charge in [0.1, 0.15) is 23.7 Å². The predicted octanol–water partition coefficient (Wildman–Crippen LogP) is 5.62. The number of likely N-dealkylation sites (tertiary alicyclic amines) is 2. The average molecular weight is 795 g/mol. The number of aromatic nitrogens is 4. The molecule has 2 aliphatic rings. The molecule has 2 aromatic heterocycles. The van der Waals surface area contributed by atoms with Crippen molar-refractivity contribution < 1.29 is 38.1 Å². The molecule has 0 unspecified atom stereocenters. The zero-order chi connectivity index (χ0) is 41.1. The van der Waals surface area contributed by atoms with Crippen LogP contribution >= 0.6 is 0 Å². The Hall–Kier alpha value is -6.00. The average Bonchev–Trinajstić information content (AvgIpc) is 4.09. The van der Waals surface area contributed by atoms with Gasteiger partial charge in [0.05, 0.1) is 61.4 Å². The van der Waals surface area contributed by atoms with Crippen LogP contribution in [0, 0.1) is 0 Å². The molecule has 0 bridgehead atoms. The second-order valence-electron chi connectivity index (χ2n) is 14.8. The van der Waals surface area contributed by atoms with Crippen molar-refractivity contribution in [1.29, 1.82) is 0 Å². The molecule has 16 nitrogen and oxygen atoms in total. The first kappa shape index (κ1) is 40.2. The van der Waals surface area contributed by atoms with Crippen LogP contribution in [-0.4, -0.2) is 120 Å². The van der Waals surface area contributed by atoms with E-state index in [0.717, 1.165) is 69.9 Å². The summed E-state index contributed by atoms with van der Waals surface area (Å²) in [6.45, 7) is 4.54. The molecule has 58 heavy (non-hydrogen) atoms. The fraction of sp³-hybridized carbons (Fsp3) is 0.429. The molecule has 5 aromatic rings. The fourth-order valence-electron chi connectivity index (χ4n) is 8.00. The highest BCUT2D eigenvalue weighted by atomic mass is 16.5. The number of nitrogens with one attached hydrogen (secondary N) is 4. The van der Waals surface area contributed by atoms with Gasteiger partial charge in [-0.1, -0.05) is 30.3 Å². The Labute approximate surface area is 336 Å². The largest absolute Gasteiger partial charge is 0.453 e. The number of imidazole rings is 2. The topological polar surface area (TPSA) is 193 Å². The molecule has 6 atom stereocenters. The summed E-state index contributed by atoms with van der Waals surface area (Å²) < 4.78 is 20.3. The highest BCUT2D eigenvalue weighted by molar-refractivity contribution is 5.92. The second-order valence-corrected chi connectivity index (χ2v) is 14.8. The number of carbonyl (C=O) groups excluding carboxylic acids is 4. The van der Waals surface area contributed by atoms with Gasteiger partial charge in [-0.15, -0.1) is 0 Å². The number of H-pyrrole nitrogens is 2. The standard InChI is InChI=1S/C42H50N8O8/c1-23(55-3)35(47-41(53)57-5)39(51)49-17-7-9-33(49)37-43-22-32(46-37)29-14-13-25-19-26(11-12-27(25)20-29)28-15-16-30-31(21-28)45-38(44-30)34-10-8-18-50(34)40(52)36(24(2)56-4)48-42(54)58-6/h11-16,19-24,33-36H,7-10,17-18H2,1-6H3,(H,43,46)(H,44,45)(H,47,53)(H,48,54)/t23-,24-,33+,34+,35+,36+/m1/s1. The number of carbonyl (C=O) groups is 4. The molecular weight excluding hydrogens is 745 g/mol. The third-order valence-corrected chi connectivity index (χ3v) is 11.4. The van der Waals surface area contributed by atoms with Crippen LogP contribution in [0.4, 0.5) is 9.59 Å². The number of benzene rings is 3. The van der Waals surface area contributed by atoms with Crippen LogP contribution in [-0.2, 0) is 28.5 Å². The minimum Gasteiger partial charge on any atom is -0.453 e. The number of amides is 4. The van der Waals surface area contributed by atoms with Crippen molar-refractivity contribution in [2.75, 3.05) is 41.5 Å². The third kappa shape index (κ3) is 8.07. The number of hydrogen-bond acceptors (Lipinski definition) is 10. The molecule has 0 radical (unpaired) electrons. The van der Waals surface area contributed by atoms with Gasteiger partial charge >= 0.3 is 12.2 Å². The van der Waals surface area contributed by atoms with Gasteiger partial charge in [-0.2, -0.15) is 0 Å². The van der Waals surface area contributed by atoms with Crippen LogP contribution in [0.25, 0.3) is 44.2 Å². The maximum atomic E-state index is 13.7. The minimum atomic E-state index is -0.905. The molecule has 4 N–H and O–H groups in total. The van der Waals surface area contributed by atoms with Crippen molar-refractivity contribution in [3.05, 3.63) is 72.4 Å². The Bertz CT molecular complexity index is 2310. The molecule has 306 valence electrons. The smallest absolute Gasteiger partial charge is 0.407 e. The number of hydrogen-bond donors (Lipinski definition) is 4. The van der Waals surface area contributed by atoms with Crippen LogP contribution in [0.5, 0.6) is 0 Å². The van der Waals surface area contributed by atoms with Crippen molar-refractivity contribution in [1.82, 2.24) is 40.4 Å². The Morgan fingerprint density at radius 1 is 0.690 bits per heavy atom. The molecule has 3 aromatic carbocycles. The van der Waals surface area contributed by atoms with Gasteiger partial charge in [0, 0.05) is 32.9 Å². The van der Waals surface area contributed by atoms with Crippen molar-refractivity contribution in [2.24, 2.45) is 0 Å². The van der Waals surface area contributed by atoms with E-state index in [1.54, 1.807) is 29.8 Å². The lowest BCUT2D eigenvalue weighted by Gasteiger charge is -2.30. The van der Waals surface area contributed by atoms with Crippen LogP contribution in [0.15, 0.2) is 60.8 Å². The number of methoxy groups -OCH3 is 4. The summed E-state index contributed by atoms with van der Waals surface area (Å²) in [6.07, 6.45) is 2.36. The van der Waals surface area contributed by atoms with Gasteiger partial charge in [0.2, 0.25) is 11.8 Å². The molecular formula is C42H50N8O8. The highest BCUT2D eigenvalue weighted by Crippen LogP contribution is 2.36. The Morgan fingerprint density at radius 3 is 1.78 bits per heavy atom. The first-order valence-corrected chi connectivity index (χ1v) is 19.5. The van der Waals surface area contributed by atoms with E-state index in [-0.39, 0.29) is 23.9 Å². The molecule has 2 saturated heterocycles. The first-order valence-electron chi connectivity index (χ1n) is 19.5. The molecule has 0 saturated carbocycles. The molecule has 7 rings (SSSR count). The Morgan fingerprint density at radius 2 is 1.21 bits per heavy atom. The van der Waals surface area contributed by atoms with Gasteiger partial charge in [-0.3, -0.25) is 9.59 Å². The monoisotopic (exact) mass is 794 g/mol. The van der Waals surface area contributed by atoms with E-state index >= 15 is 0 Å². The van der Waals surface area contributed by atoms with E-state index in [4.69, 9.17) is 28.9 Å². The minimum absolute atomic E-state index is 0.249. The maximum absolute atomic E-state index is 13.7. The number of ether oxygens (including phenoxy) is 4. The van der Waals surface area contributed by atoms with Crippen LogP contribution in [0.3, 0.4) is 0 Å². The number of nitrogens with zero attached hydrogens (tertiary/aromatic N) is 4. The summed E-state index contributed by atoms with van der Waals surface area (Å²) >= 11 is 0. The summed E-state index contributed by atoms with van der Waals surface area (Å²) in [5.74, 6) is 0.878. The van der Waals surface area contributed by atoms with E-state index < -0.39 is 36.5 Å². The van der Waals surface area contributed by atoms with Crippen molar-refractivity contribution in [3.8, 4) is 22.4 Å². The van der Waals surface area contributed by atoms with Gasteiger partial charge in [-0.05, 0) is 85.7 Å². The van der Waals surface area contributed by atoms with Gasteiger partial charge in [0.25, 0.3) is 0 Å². The highest BCUT2D eigenvalue weighted by Gasteiger charge is 2.40. The van der Waals surface area contributed by atoms with E-state index in [9.17, 15) is 19.2 Å². The van der Waals surface area contributed by atoms with E-state index in [1.807, 2.05) is 12.1 Å². The molecule has 2 aliphatic heterocycles. The number of rotatable bonds is 12. The summed E-state index contributed by atoms with van der Waals surface area (Å²) in [5, 5.41) is 7.38. The molecule has 2 fully saturated rings. The molecule has 0 aliphatic carbocycles. The molecule has 16 heteroatoms. The Balaban J connectivity index is 1.07. The van der Waals surface area contributed by atoms with Crippen molar-refractivity contribution in [3.63, 3.8) is 0 Å². The number of alkyl carbamates (subject to hydrolysis) is 2. The normalized spacial score (nSPS) is 18.9. The van der Waals surface area contributed by atoms with Crippen molar-refractivity contribution >= 4 is 45.8 Å². The second kappa shape index (κ2) is 17.2. The SMILES string of the molecule is COC(=O)N[C@H](C(=O)N1CCC[C@H]1c1ncc(-c2ccc3cc(-c4ccc5nc([C@@H]6CCCN6C(=O)[C@@H](NC(=O)OC)[C@@H](C)OC)[nH]c5c4)ccc3c2)[nH]1)[C@@H](C)OC. The first-order chi connectivity index (χ1) is 28.0. The predicted molar refractivity (Wildman–Crippen MR) is 216 cm³/mol. The summed E-state index contributed by atoms with van der Waals surface area (Å²) in [6, 6.07) is 16.3. The third-order valence-electron chi connectivity index (χ3n) is 11.4. The van der Waals surface area contributed by atoms with Crippen molar-refractivity contribution in [2.45, 2.75) is 75.9 Å². The van der Waals surface area contributed by atoms with Crippen LogP contribution < -0.4 is 10.6 Å². The number of fused-ring (bicyclic) bond motifs is 2. The molecule has 4 amide bonds. The van der Waals surface area contributed by atoms with Crippen LogP contribution in [0.1, 0.15) is 63.3 Å². The lowest BCUT2D eigenvalue weighted by Crippen LogP contribution is -2.54. The van der Waals surface area contributed by atoms with E-state index in [2.05, 4.69) is 63.1 Å². The van der Waals surface area contributed by atoms with Gasteiger partial charge < -0.3 is 49.3 Å². The quantitative estimate of drug-likeness (QED) is 0.123. The lowest BCUT2D eigenvalue weighted by molar-refractivity contribution is -0.138. The van der Waals surface area contributed by atoms with E-state index in [0.29, 0.717) is 24.7 Å². The lowest BCUT2D eigenvalue weighted by atomic mass is 9.99. The maximum Gasteiger partial charge on any atom is 0.407 e. The van der Waals surface area contributed by atoms with Gasteiger partial charge in [0.15, 0.2) is 0 Å².